The van der Waals surface area contributed by atoms with Crippen molar-refractivity contribution in [3.8, 4) is 10.6 Å². The maximum atomic E-state index is 12.2. The number of hydrogen-bond donors (Lipinski definition) is 1. The lowest BCUT2D eigenvalue weighted by molar-refractivity contribution is -0.130. The molecule has 0 aliphatic rings. The van der Waals surface area contributed by atoms with Crippen molar-refractivity contribution in [2.45, 2.75) is 19.4 Å². The van der Waals surface area contributed by atoms with Crippen molar-refractivity contribution in [3.63, 3.8) is 0 Å². The summed E-state index contributed by atoms with van der Waals surface area (Å²) in [5, 5.41) is 12.5. The number of nitrogens with zero attached hydrogens (tertiary/aromatic N) is 2. The molecule has 0 fully saturated rings. The van der Waals surface area contributed by atoms with Gasteiger partial charge in [0.25, 0.3) is 0 Å². The van der Waals surface area contributed by atoms with Gasteiger partial charge in [-0.2, -0.15) is 0 Å². The summed E-state index contributed by atoms with van der Waals surface area (Å²) in [6.45, 7) is 2.51. The highest BCUT2D eigenvalue weighted by Crippen LogP contribution is 2.24. The first kappa shape index (κ1) is 17.6. The monoisotopic (exact) mass is 334 g/mol. The molecule has 0 saturated carbocycles. The van der Waals surface area contributed by atoms with Gasteiger partial charge < -0.3 is 14.7 Å². The molecule has 1 aromatic carbocycles. The van der Waals surface area contributed by atoms with Gasteiger partial charge in [-0.15, -0.1) is 11.3 Å². The number of amides is 1. The van der Waals surface area contributed by atoms with E-state index in [1.807, 2.05) is 36.6 Å². The number of thiazole rings is 1. The van der Waals surface area contributed by atoms with Crippen LogP contribution in [-0.4, -0.2) is 54.3 Å². The Morgan fingerprint density at radius 1 is 1.39 bits per heavy atom. The van der Waals surface area contributed by atoms with Crippen LogP contribution in [-0.2, 0) is 16.0 Å². The SMILES string of the molecule is COCC(O)CN(C)C(=O)Cc1csc(-c2ccc(C)cc2)n1. The lowest BCUT2D eigenvalue weighted by Gasteiger charge is -2.20. The van der Waals surface area contributed by atoms with Crippen LogP contribution in [0.1, 0.15) is 11.3 Å². The van der Waals surface area contributed by atoms with Crippen molar-refractivity contribution in [3.05, 3.63) is 40.9 Å². The summed E-state index contributed by atoms with van der Waals surface area (Å²) in [4.78, 5) is 18.2. The Kier molecular flexibility index (Phi) is 6.27. The maximum Gasteiger partial charge on any atom is 0.228 e. The molecule has 0 spiro atoms. The van der Waals surface area contributed by atoms with Crippen LogP contribution in [0.3, 0.4) is 0 Å². The fourth-order valence-corrected chi connectivity index (χ4v) is 3.00. The van der Waals surface area contributed by atoms with Crippen LogP contribution in [0.4, 0.5) is 0 Å². The number of ether oxygens (including phenoxy) is 1. The summed E-state index contributed by atoms with van der Waals surface area (Å²) >= 11 is 1.53. The molecular formula is C17H22N2O3S. The number of aromatic nitrogens is 1. The summed E-state index contributed by atoms with van der Waals surface area (Å²) < 4.78 is 4.86. The molecule has 1 amide bonds. The molecular weight excluding hydrogens is 312 g/mol. The van der Waals surface area contributed by atoms with Gasteiger partial charge in [-0.1, -0.05) is 29.8 Å². The summed E-state index contributed by atoms with van der Waals surface area (Å²) in [6, 6.07) is 8.17. The number of aryl methyl sites for hydroxylation is 1. The number of carbonyl (C=O) groups is 1. The van der Waals surface area contributed by atoms with Gasteiger partial charge in [0.1, 0.15) is 5.01 Å². The number of aliphatic hydroxyl groups is 1. The lowest BCUT2D eigenvalue weighted by atomic mass is 10.2. The first-order valence-corrected chi connectivity index (χ1v) is 8.30. The van der Waals surface area contributed by atoms with Gasteiger partial charge in [0.05, 0.1) is 24.8 Å². The van der Waals surface area contributed by atoms with E-state index >= 15 is 0 Å². The number of rotatable bonds is 7. The molecule has 0 radical (unpaired) electrons. The minimum absolute atomic E-state index is 0.0686. The topological polar surface area (TPSA) is 62.7 Å². The predicted octanol–water partition coefficient (Wildman–Crippen LogP) is 2.13. The molecule has 1 aromatic heterocycles. The molecule has 2 rings (SSSR count). The van der Waals surface area contributed by atoms with E-state index in [0.29, 0.717) is 0 Å². The van der Waals surface area contributed by atoms with Gasteiger partial charge in [-0.25, -0.2) is 4.98 Å². The van der Waals surface area contributed by atoms with Crippen LogP contribution >= 0.6 is 11.3 Å². The van der Waals surface area contributed by atoms with Crippen molar-refractivity contribution >= 4 is 17.2 Å². The smallest absolute Gasteiger partial charge is 0.228 e. The van der Waals surface area contributed by atoms with E-state index in [1.54, 1.807) is 7.05 Å². The van der Waals surface area contributed by atoms with Crippen LogP contribution in [0, 0.1) is 6.92 Å². The van der Waals surface area contributed by atoms with Crippen LogP contribution in [0.5, 0.6) is 0 Å². The number of aliphatic hydroxyl groups excluding tert-OH is 1. The van der Waals surface area contributed by atoms with Gasteiger partial charge in [0.15, 0.2) is 0 Å². The number of likely N-dealkylation sites (N-methyl/N-ethyl adjacent to an activating group) is 1. The Balaban J connectivity index is 1.95. The summed E-state index contributed by atoms with van der Waals surface area (Å²) in [5.41, 5.74) is 3.02. The molecule has 1 unspecified atom stereocenters. The van der Waals surface area contributed by atoms with Crippen molar-refractivity contribution in [1.82, 2.24) is 9.88 Å². The van der Waals surface area contributed by atoms with E-state index in [4.69, 9.17) is 4.74 Å². The second-order valence-electron chi connectivity index (χ2n) is 5.57. The number of carbonyl (C=O) groups excluding carboxylic acids is 1. The lowest BCUT2D eigenvalue weighted by Crippen LogP contribution is -2.37. The Hall–Kier alpha value is -1.76. The van der Waals surface area contributed by atoms with Gasteiger partial charge in [0.2, 0.25) is 5.91 Å². The minimum atomic E-state index is -0.674. The molecule has 1 atom stereocenters. The molecule has 0 bridgehead atoms. The molecule has 5 nitrogen and oxygen atoms in total. The summed E-state index contributed by atoms with van der Waals surface area (Å²) in [7, 11) is 3.20. The van der Waals surface area contributed by atoms with Crippen LogP contribution in [0.25, 0.3) is 10.6 Å². The molecule has 2 aromatic rings. The zero-order chi connectivity index (χ0) is 16.8. The quantitative estimate of drug-likeness (QED) is 0.842. The summed E-state index contributed by atoms with van der Waals surface area (Å²) in [6.07, 6.45) is -0.439. The minimum Gasteiger partial charge on any atom is -0.389 e. The Morgan fingerprint density at radius 3 is 2.74 bits per heavy atom. The van der Waals surface area contributed by atoms with Crippen molar-refractivity contribution in [2.75, 3.05) is 27.3 Å². The molecule has 6 heteroatoms. The average Bonchev–Trinajstić information content (AvgIpc) is 2.96. The average molecular weight is 334 g/mol. The van der Waals surface area contributed by atoms with E-state index in [1.165, 1.54) is 28.9 Å². The normalized spacial score (nSPS) is 12.2. The highest BCUT2D eigenvalue weighted by molar-refractivity contribution is 7.13. The first-order chi connectivity index (χ1) is 11.0. The fourth-order valence-electron chi connectivity index (χ4n) is 2.17. The van der Waals surface area contributed by atoms with Crippen LogP contribution in [0.2, 0.25) is 0 Å². The zero-order valence-corrected chi connectivity index (χ0v) is 14.5. The molecule has 0 saturated heterocycles. The first-order valence-electron chi connectivity index (χ1n) is 7.42. The van der Waals surface area contributed by atoms with E-state index in [-0.39, 0.29) is 25.5 Å². The zero-order valence-electron chi connectivity index (χ0n) is 13.7. The highest BCUT2D eigenvalue weighted by atomic mass is 32.1. The summed E-state index contributed by atoms with van der Waals surface area (Å²) in [5.74, 6) is -0.0686. The second kappa shape index (κ2) is 8.19. The van der Waals surface area contributed by atoms with E-state index in [9.17, 15) is 9.90 Å². The fraction of sp³-hybridized carbons (Fsp3) is 0.412. The van der Waals surface area contributed by atoms with Crippen molar-refractivity contribution in [2.24, 2.45) is 0 Å². The Morgan fingerprint density at radius 2 is 2.09 bits per heavy atom. The Labute approximate surface area is 140 Å². The van der Waals surface area contributed by atoms with Gasteiger partial charge in [0, 0.05) is 31.6 Å². The molecule has 1 heterocycles. The highest BCUT2D eigenvalue weighted by Gasteiger charge is 2.16. The molecule has 1 N–H and O–H groups in total. The number of methoxy groups -OCH3 is 1. The van der Waals surface area contributed by atoms with Crippen molar-refractivity contribution < 1.29 is 14.6 Å². The third kappa shape index (κ3) is 5.13. The van der Waals surface area contributed by atoms with Crippen LogP contribution in [0.15, 0.2) is 29.6 Å². The van der Waals surface area contributed by atoms with Crippen LogP contribution < -0.4 is 0 Å². The van der Waals surface area contributed by atoms with E-state index < -0.39 is 6.10 Å². The standard InChI is InChI=1S/C17H22N2O3S/c1-12-4-6-13(7-5-12)17-18-14(11-23-17)8-16(21)19(2)9-15(20)10-22-3/h4-7,11,15,20H,8-10H2,1-3H3. The Bertz CT molecular complexity index is 640. The molecule has 23 heavy (non-hydrogen) atoms. The molecule has 0 aliphatic heterocycles. The predicted molar refractivity (Wildman–Crippen MR) is 91.5 cm³/mol. The number of benzene rings is 1. The van der Waals surface area contributed by atoms with E-state index in [0.717, 1.165) is 16.3 Å². The van der Waals surface area contributed by atoms with Gasteiger partial charge >= 0.3 is 0 Å². The van der Waals surface area contributed by atoms with Crippen molar-refractivity contribution in [1.29, 1.82) is 0 Å². The number of hydrogen-bond acceptors (Lipinski definition) is 5. The van der Waals surface area contributed by atoms with E-state index in [2.05, 4.69) is 4.98 Å². The second-order valence-corrected chi connectivity index (χ2v) is 6.43. The largest absolute Gasteiger partial charge is 0.389 e. The molecule has 0 aliphatic carbocycles. The third-order valence-corrected chi connectivity index (χ3v) is 4.39. The third-order valence-electron chi connectivity index (χ3n) is 3.45. The van der Waals surface area contributed by atoms with Gasteiger partial charge in [-0.3, -0.25) is 4.79 Å². The maximum absolute atomic E-state index is 12.2. The molecule has 124 valence electrons. The van der Waals surface area contributed by atoms with Gasteiger partial charge in [-0.05, 0) is 6.92 Å².